The molecule has 2 aromatic carbocycles. The number of aliphatic imine (C=N–C) groups is 1. The zero-order valence-corrected chi connectivity index (χ0v) is 17.0. The number of allylic oxidation sites excluding steroid dienone is 1. The van der Waals surface area contributed by atoms with Crippen molar-refractivity contribution in [2.24, 2.45) is 4.99 Å². The summed E-state index contributed by atoms with van der Waals surface area (Å²) in [5, 5.41) is 6.05. The molecule has 27 heavy (non-hydrogen) atoms. The van der Waals surface area contributed by atoms with Gasteiger partial charge in [-0.2, -0.15) is 0 Å². The second-order valence-electron chi connectivity index (χ2n) is 6.56. The number of methoxy groups -OCH3 is 1. The van der Waals surface area contributed by atoms with Crippen LogP contribution in [0, 0.1) is 0 Å². The van der Waals surface area contributed by atoms with E-state index in [2.05, 4.69) is 5.32 Å². The summed E-state index contributed by atoms with van der Waals surface area (Å²) in [6, 6.07) is 11.5. The van der Waals surface area contributed by atoms with E-state index >= 15 is 0 Å². The molecule has 1 atom stereocenters. The van der Waals surface area contributed by atoms with E-state index < -0.39 is 6.04 Å². The van der Waals surface area contributed by atoms with Crippen LogP contribution in [0.4, 0.5) is 0 Å². The highest BCUT2D eigenvalue weighted by Crippen LogP contribution is 2.41. The third-order valence-electron chi connectivity index (χ3n) is 4.40. The van der Waals surface area contributed by atoms with Crippen molar-refractivity contribution < 1.29 is 14.3 Å². The van der Waals surface area contributed by atoms with Crippen LogP contribution in [0.3, 0.4) is 0 Å². The maximum Gasteiger partial charge on any atom is 0.338 e. The first-order valence-electron chi connectivity index (χ1n) is 8.82. The first kappa shape index (κ1) is 19.3. The van der Waals surface area contributed by atoms with Crippen LogP contribution < -0.4 is 10.1 Å². The van der Waals surface area contributed by atoms with Gasteiger partial charge in [0.15, 0.2) is 5.17 Å². The van der Waals surface area contributed by atoms with E-state index in [-0.39, 0.29) is 12.1 Å². The fraction of sp³-hybridized carbons (Fsp3) is 0.333. The minimum absolute atomic E-state index is 0.209. The Morgan fingerprint density at radius 2 is 1.96 bits per heavy atom. The molecule has 1 unspecified atom stereocenters. The maximum absolute atomic E-state index is 12.9. The molecule has 0 saturated heterocycles. The summed E-state index contributed by atoms with van der Waals surface area (Å²) >= 11 is 1.51. The van der Waals surface area contributed by atoms with Gasteiger partial charge in [0.2, 0.25) is 0 Å². The van der Waals surface area contributed by atoms with Crippen LogP contribution in [0.25, 0.3) is 10.8 Å². The van der Waals surface area contributed by atoms with Gasteiger partial charge in [-0.15, -0.1) is 0 Å². The highest BCUT2D eigenvalue weighted by atomic mass is 32.2. The van der Waals surface area contributed by atoms with Gasteiger partial charge in [0.05, 0.1) is 18.8 Å². The van der Waals surface area contributed by atoms with Gasteiger partial charge in [-0.25, -0.2) is 9.79 Å². The lowest BCUT2D eigenvalue weighted by Gasteiger charge is -2.27. The summed E-state index contributed by atoms with van der Waals surface area (Å²) in [7, 11) is 1.64. The van der Waals surface area contributed by atoms with Gasteiger partial charge in [0.1, 0.15) is 11.8 Å². The maximum atomic E-state index is 12.9. The number of carbonyl (C=O) groups excluding carboxylic acids is 1. The van der Waals surface area contributed by atoms with E-state index in [1.54, 1.807) is 7.11 Å². The van der Waals surface area contributed by atoms with Gasteiger partial charge in [-0.05, 0) is 43.9 Å². The van der Waals surface area contributed by atoms with Crippen LogP contribution >= 0.6 is 11.8 Å². The Balaban J connectivity index is 2.25. The van der Waals surface area contributed by atoms with Gasteiger partial charge in [-0.3, -0.25) is 0 Å². The second-order valence-corrected chi connectivity index (χ2v) is 7.36. The van der Waals surface area contributed by atoms with E-state index in [1.165, 1.54) is 11.8 Å². The molecule has 1 heterocycles. The third kappa shape index (κ3) is 3.81. The molecule has 0 amide bonds. The number of benzene rings is 2. The predicted molar refractivity (Wildman–Crippen MR) is 111 cm³/mol. The van der Waals surface area contributed by atoms with E-state index in [0.717, 1.165) is 27.2 Å². The Hall–Kier alpha value is -2.47. The number of esters is 1. The normalized spacial score (nSPS) is 17.0. The van der Waals surface area contributed by atoms with Gasteiger partial charge >= 0.3 is 5.97 Å². The monoisotopic (exact) mass is 384 g/mol. The molecule has 0 spiro atoms. The van der Waals surface area contributed by atoms with Crippen molar-refractivity contribution in [1.29, 1.82) is 0 Å². The van der Waals surface area contributed by atoms with Crippen molar-refractivity contribution in [2.75, 3.05) is 13.4 Å². The summed E-state index contributed by atoms with van der Waals surface area (Å²) in [6.45, 7) is 5.56. The predicted octanol–water partition coefficient (Wildman–Crippen LogP) is 4.44. The summed E-state index contributed by atoms with van der Waals surface area (Å²) in [6.07, 6.45) is 1.74. The number of hydrogen-bond acceptors (Lipinski definition) is 6. The van der Waals surface area contributed by atoms with Gasteiger partial charge in [0, 0.05) is 11.3 Å². The van der Waals surface area contributed by atoms with Crippen molar-refractivity contribution in [3.63, 3.8) is 0 Å². The van der Waals surface area contributed by atoms with Crippen molar-refractivity contribution in [3.8, 4) is 5.75 Å². The Morgan fingerprint density at radius 1 is 1.22 bits per heavy atom. The molecule has 2 aromatic rings. The van der Waals surface area contributed by atoms with Gasteiger partial charge in [0.25, 0.3) is 0 Å². The molecule has 0 aromatic heterocycles. The standard InChI is InChI=1S/C21H24N2O3S/c1-12(2)26-20(24)17-13(3)22-21(27-5)23-19(17)18-15-9-7-6-8-14(15)10-11-16(18)25-4/h6-12,19H,1-5H3,(H,22,23). The third-order valence-corrected chi connectivity index (χ3v) is 4.99. The zero-order valence-electron chi connectivity index (χ0n) is 16.2. The Bertz CT molecular complexity index is 934. The quantitative estimate of drug-likeness (QED) is 0.790. The Labute approximate surface area is 163 Å². The van der Waals surface area contributed by atoms with Crippen LogP contribution in [0.15, 0.2) is 52.7 Å². The average molecular weight is 385 g/mol. The first-order chi connectivity index (χ1) is 13.0. The lowest BCUT2D eigenvalue weighted by molar-refractivity contribution is -0.143. The molecule has 0 radical (unpaired) electrons. The smallest absolute Gasteiger partial charge is 0.338 e. The molecular weight excluding hydrogens is 360 g/mol. The van der Waals surface area contributed by atoms with E-state index in [0.29, 0.717) is 11.3 Å². The first-order valence-corrected chi connectivity index (χ1v) is 10.0. The largest absolute Gasteiger partial charge is 0.496 e. The van der Waals surface area contributed by atoms with E-state index in [4.69, 9.17) is 14.5 Å². The molecule has 1 aliphatic rings. The van der Waals surface area contributed by atoms with Gasteiger partial charge < -0.3 is 14.8 Å². The zero-order chi connectivity index (χ0) is 19.6. The number of rotatable bonds is 4. The molecule has 1 aliphatic heterocycles. The Kier molecular flexibility index (Phi) is 5.75. The molecule has 1 N–H and O–H groups in total. The number of amidine groups is 1. The lowest BCUT2D eigenvalue weighted by Crippen LogP contribution is -2.31. The Morgan fingerprint density at radius 3 is 2.63 bits per heavy atom. The number of ether oxygens (including phenoxy) is 2. The number of hydrogen-bond donors (Lipinski definition) is 1. The van der Waals surface area contributed by atoms with Crippen LogP contribution in [-0.4, -0.2) is 30.6 Å². The molecule has 0 fully saturated rings. The highest BCUT2D eigenvalue weighted by Gasteiger charge is 2.33. The molecule has 142 valence electrons. The molecule has 6 heteroatoms. The molecule has 0 saturated carbocycles. The average Bonchev–Trinajstić information content (AvgIpc) is 2.65. The minimum Gasteiger partial charge on any atom is -0.496 e. The SMILES string of the molecule is COc1ccc2ccccc2c1C1N=C(SC)NC(C)=C1C(=O)OC(C)C. The van der Waals surface area contributed by atoms with Crippen molar-refractivity contribution in [3.05, 3.63) is 53.2 Å². The van der Waals surface area contributed by atoms with Crippen LogP contribution in [-0.2, 0) is 9.53 Å². The fourth-order valence-electron chi connectivity index (χ4n) is 3.24. The molecule has 0 bridgehead atoms. The lowest BCUT2D eigenvalue weighted by atomic mass is 9.91. The van der Waals surface area contributed by atoms with Crippen LogP contribution in [0.2, 0.25) is 0 Å². The van der Waals surface area contributed by atoms with E-state index in [9.17, 15) is 4.79 Å². The number of nitrogens with zero attached hydrogens (tertiary/aromatic N) is 1. The minimum atomic E-state index is -0.499. The molecule has 0 aliphatic carbocycles. The number of fused-ring (bicyclic) bond motifs is 1. The summed E-state index contributed by atoms with van der Waals surface area (Å²) in [5.74, 6) is 0.339. The molecular formula is C21H24N2O3S. The highest BCUT2D eigenvalue weighted by molar-refractivity contribution is 8.13. The summed E-state index contributed by atoms with van der Waals surface area (Å²) in [4.78, 5) is 17.7. The number of carbonyl (C=O) groups is 1. The number of nitrogens with one attached hydrogen (secondary N) is 1. The molecule has 5 nitrogen and oxygen atoms in total. The molecule has 3 rings (SSSR count). The van der Waals surface area contributed by atoms with Crippen molar-refractivity contribution >= 4 is 33.7 Å². The fourth-order valence-corrected chi connectivity index (χ4v) is 3.70. The topological polar surface area (TPSA) is 59.9 Å². The van der Waals surface area contributed by atoms with Crippen LogP contribution in [0.1, 0.15) is 32.4 Å². The summed E-state index contributed by atoms with van der Waals surface area (Å²) < 4.78 is 11.2. The van der Waals surface area contributed by atoms with Gasteiger partial charge in [-0.1, -0.05) is 42.1 Å². The van der Waals surface area contributed by atoms with Crippen molar-refractivity contribution in [1.82, 2.24) is 5.32 Å². The van der Waals surface area contributed by atoms with Crippen LogP contribution in [0.5, 0.6) is 5.75 Å². The second kappa shape index (κ2) is 8.05. The van der Waals surface area contributed by atoms with E-state index in [1.807, 2.05) is 63.4 Å². The van der Waals surface area contributed by atoms with Crippen molar-refractivity contribution in [2.45, 2.75) is 32.9 Å². The summed E-state index contributed by atoms with van der Waals surface area (Å²) in [5.41, 5.74) is 2.13. The number of thioether (sulfide) groups is 1.